The predicted molar refractivity (Wildman–Crippen MR) is 111 cm³/mol. The summed E-state index contributed by atoms with van der Waals surface area (Å²) in [6.07, 6.45) is 9.73. The first kappa shape index (κ1) is 21.5. The van der Waals surface area contributed by atoms with Gasteiger partial charge in [0, 0.05) is 11.8 Å². The van der Waals surface area contributed by atoms with Gasteiger partial charge in [0.05, 0.1) is 26.4 Å². The molecule has 0 spiro atoms. The molecule has 6 heteroatoms. The van der Waals surface area contributed by atoms with E-state index in [1.807, 2.05) is 0 Å². The van der Waals surface area contributed by atoms with E-state index in [4.69, 9.17) is 18.9 Å². The molecule has 0 aromatic rings. The van der Waals surface area contributed by atoms with Crippen LogP contribution in [-0.2, 0) is 18.9 Å². The topological polar surface area (TPSA) is 71.1 Å². The number of hydrogen-bond acceptors (Lipinski definition) is 6. The number of carbonyl (C=O) groups is 2. The van der Waals surface area contributed by atoms with Crippen LogP contribution in [0.25, 0.3) is 0 Å². The van der Waals surface area contributed by atoms with Crippen LogP contribution in [-0.4, -0.2) is 38.7 Å². The maximum absolute atomic E-state index is 12.0. The van der Waals surface area contributed by atoms with Crippen molar-refractivity contribution in [2.24, 2.45) is 47.3 Å². The predicted octanol–water partition coefficient (Wildman–Crippen LogP) is 5.21. The van der Waals surface area contributed by atoms with Gasteiger partial charge in [-0.3, -0.25) is 0 Å². The summed E-state index contributed by atoms with van der Waals surface area (Å²) >= 11 is 0. The van der Waals surface area contributed by atoms with Gasteiger partial charge in [0.25, 0.3) is 0 Å². The van der Waals surface area contributed by atoms with E-state index in [0.29, 0.717) is 61.9 Å². The third-order valence-corrected chi connectivity index (χ3v) is 7.99. The summed E-state index contributed by atoms with van der Waals surface area (Å²) in [7, 11) is 0. The van der Waals surface area contributed by atoms with Crippen LogP contribution in [0.1, 0.15) is 52.4 Å². The number of rotatable bonds is 10. The lowest BCUT2D eigenvalue weighted by atomic mass is 9.65. The lowest BCUT2D eigenvalue weighted by Crippen LogP contribution is -2.41. The van der Waals surface area contributed by atoms with Crippen molar-refractivity contribution in [3.63, 3.8) is 0 Å². The van der Waals surface area contributed by atoms with Crippen molar-refractivity contribution in [1.29, 1.82) is 0 Å². The number of carbonyl (C=O) groups excluding carboxylic acids is 2. The maximum Gasteiger partial charge on any atom is 0.508 e. The highest BCUT2D eigenvalue weighted by Gasteiger charge is 2.64. The van der Waals surface area contributed by atoms with E-state index < -0.39 is 12.3 Å². The fourth-order valence-electron chi connectivity index (χ4n) is 6.79. The summed E-state index contributed by atoms with van der Waals surface area (Å²) in [5, 5.41) is 0. The Labute approximate surface area is 179 Å². The molecule has 0 radical (unpaired) electrons. The third kappa shape index (κ3) is 4.19. The molecule has 4 rings (SSSR count). The van der Waals surface area contributed by atoms with Gasteiger partial charge in [-0.25, -0.2) is 9.59 Å². The lowest BCUT2D eigenvalue weighted by Gasteiger charge is -2.41. The Morgan fingerprint density at radius 3 is 1.63 bits per heavy atom. The van der Waals surface area contributed by atoms with Gasteiger partial charge in [-0.15, -0.1) is 0 Å². The van der Waals surface area contributed by atoms with Crippen LogP contribution >= 0.6 is 0 Å². The highest BCUT2D eigenvalue weighted by atomic mass is 16.7. The third-order valence-electron chi connectivity index (χ3n) is 7.99. The van der Waals surface area contributed by atoms with Crippen LogP contribution < -0.4 is 0 Å². The molecule has 0 N–H and O–H groups in total. The zero-order valence-electron chi connectivity index (χ0n) is 18.3. The van der Waals surface area contributed by atoms with Gasteiger partial charge in [-0.1, -0.05) is 38.8 Å². The summed E-state index contributed by atoms with van der Waals surface area (Å²) in [6.45, 7) is 5.64. The van der Waals surface area contributed by atoms with Gasteiger partial charge in [-0.05, 0) is 61.2 Å². The average molecular weight is 421 g/mol. The highest BCUT2D eigenvalue weighted by Crippen LogP contribution is 2.68. The molecule has 3 saturated carbocycles. The van der Waals surface area contributed by atoms with E-state index in [0.717, 1.165) is 32.1 Å². The first-order valence-electron chi connectivity index (χ1n) is 11.9. The number of ether oxygens (including phenoxy) is 4. The molecule has 0 aromatic heterocycles. The molecule has 4 aliphatic carbocycles. The number of unbranched alkanes of at least 4 members (excludes halogenated alkanes) is 2. The standard InChI is InChI=1S/C24H36O6/c1-3-5-9-27-23(25)29-13-19-17-12-18(22-16-8-7-15(11-16)21(17)22)20(19)14-30-24(26)28-10-6-4-2/h7-8,15-22H,3-6,9-14H2,1-2H3. The number of hydrogen-bond donors (Lipinski definition) is 0. The Bertz CT molecular complexity index is 594. The van der Waals surface area contributed by atoms with Gasteiger partial charge in [-0.2, -0.15) is 0 Å². The molecule has 4 bridgehead atoms. The van der Waals surface area contributed by atoms with Gasteiger partial charge in [0.1, 0.15) is 0 Å². The van der Waals surface area contributed by atoms with Crippen LogP contribution in [0, 0.1) is 47.3 Å². The molecule has 0 aromatic carbocycles. The molecular weight excluding hydrogens is 384 g/mol. The minimum absolute atomic E-state index is 0.228. The fourth-order valence-corrected chi connectivity index (χ4v) is 6.79. The fraction of sp³-hybridized carbons (Fsp3) is 0.833. The normalized spacial score (nSPS) is 37.3. The highest BCUT2D eigenvalue weighted by molar-refractivity contribution is 5.60. The van der Waals surface area contributed by atoms with Crippen molar-refractivity contribution in [3.8, 4) is 0 Å². The first-order valence-corrected chi connectivity index (χ1v) is 11.9. The van der Waals surface area contributed by atoms with Gasteiger partial charge >= 0.3 is 12.3 Å². The Morgan fingerprint density at radius 1 is 0.733 bits per heavy atom. The Hall–Kier alpha value is -1.72. The van der Waals surface area contributed by atoms with Gasteiger partial charge in [0.15, 0.2) is 0 Å². The van der Waals surface area contributed by atoms with E-state index in [1.54, 1.807) is 0 Å². The summed E-state index contributed by atoms with van der Waals surface area (Å²) in [6, 6.07) is 0. The molecule has 3 fully saturated rings. The second kappa shape index (κ2) is 9.61. The van der Waals surface area contributed by atoms with E-state index >= 15 is 0 Å². The van der Waals surface area contributed by atoms with Gasteiger partial charge in [0.2, 0.25) is 0 Å². The monoisotopic (exact) mass is 420 g/mol. The number of fused-ring (bicyclic) bond motifs is 9. The van der Waals surface area contributed by atoms with E-state index in [2.05, 4.69) is 26.0 Å². The smallest absolute Gasteiger partial charge is 0.434 e. The first-order chi connectivity index (χ1) is 14.6. The van der Waals surface area contributed by atoms with Crippen LogP contribution in [0.2, 0.25) is 0 Å². The van der Waals surface area contributed by atoms with Crippen molar-refractivity contribution >= 4 is 12.3 Å². The average Bonchev–Trinajstić information content (AvgIpc) is 3.50. The Balaban J connectivity index is 1.36. The van der Waals surface area contributed by atoms with Crippen molar-refractivity contribution in [2.75, 3.05) is 26.4 Å². The molecule has 0 amide bonds. The van der Waals surface area contributed by atoms with E-state index in [1.165, 1.54) is 6.42 Å². The molecule has 0 heterocycles. The Morgan fingerprint density at radius 2 is 1.20 bits per heavy atom. The molecule has 6 nitrogen and oxygen atoms in total. The van der Waals surface area contributed by atoms with E-state index in [-0.39, 0.29) is 11.8 Å². The minimum Gasteiger partial charge on any atom is -0.434 e. The van der Waals surface area contributed by atoms with Crippen molar-refractivity contribution in [1.82, 2.24) is 0 Å². The summed E-state index contributed by atoms with van der Waals surface area (Å²) in [5.74, 6) is 4.27. The quantitative estimate of drug-likeness (QED) is 0.209. The maximum atomic E-state index is 12.0. The van der Waals surface area contributed by atoms with Crippen LogP contribution in [0.4, 0.5) is 9.59 Å². The second-order valence-corrected chi connectivity index (χ2v) is 9.52. The number of allylic oxidation sites excluding steroid dienone is 2. The summed E-state index contributed by atoms with van der Waals surface area (Å²) in [5.41, 5.74) is 0. The van der Waals surface area contributed by atoms with Crippen LogP contribution in [0.3, 0.4) is 0 Å². The van der Waals surface area contributed by atoms with Crippen molar-refractivity contribution in [3.05, 3.63) is 12.2 Å². The van der Waals surface area contributed by atoms with Crippen LogP contribution in [0.5, 0.6) is 0 Å². The van der Waals surface area contributed by atoms with Gasteiger partial charge < -0.3 is 18.9 Å². The molecule has 4 aliphatic rings. The SMILES string of the molecule is CCCCOC(=O)OCC1C(COC(=O)OCCCC)C2CC1C1C3C=CC(C3)C21. The molecule has 30 heavy (non-hydrogen) atoms. The lowest BCUT2D eigenvalue weighted by molar-refractivity contribution is -0.0236. The second-order valence-electron chi connectivity index (χ2n) is 9.52. The Kier molecular flexibility index (Phi) is 6.89. The molecule has 0 saturated heterocycles. The molecule has 8 unspecified atom stereocenters. The minimum atomic E-state index is -0.575. The summed E-state index contributed by atoms with van der Waals surface area (Å²) in [4.78, 5) is 24.0. The van der Waals surface area contributed by atoms with Crippen molar-refractivity contribution < 1.29 is 28.5 Å². The van der Waals surface area contributed by atoms with Crippen molar-refractivity contribution in [2.45, 2.75) is 52.4 Å². The largest absolute Gasteiger partial charge is 0.508 e. The van der Waals surface area contributed by atoms with E-state index in [9.17, 15) is 9.59 Å². The molecule has 8 atom stereocenters. The molecular formula is C24H36O6. The molecule has 168 valence electrons. The zero-order valence-corrected chi connectivity index (χ0v) is 18.3. The summed E-state index contributed by atoms with van der Waals surface area (Å²) < 4.78 is 21.4. The van der Waals surface area contributed by atoms with Crippen LogP contribution in [0.15, 0.2) is 12.2 Å². The zero-order chi connectivity index (χ0) is 21.1. The molecule has 0 aliphatic heterocycles.